The number of rotatable bonds is 4. The summed E-state index contributed by atoms with van der Waals surface area (Å²) in [6.07, 6.45) is 0.336. The average Bonchev–Trinajstić information content (AvgIpc) is 2.97. The van der Waals surface area contributed by atoms with E-state index in [9.17, 15) is 19.1 Å². The first-order valence-corrected chi connectivity index (χ1v) is 6.53. The van der Waals surface area contributed by atoms with Gasteiger partial charge in [-0.2, -0.15) is 0 Å². The van der Waals surface area contributed by atoms with Crippen LogP contribution in [0.5, 0.6) is 0 Å². The van der Waals surface area contributed by atoms with Crippen molar-refractivity contribution in [1.82, 2.24) is 5.32 Å². The van der Waals surface area contributed by atoms with Gasteiger partial charge in [0, 0.05) is 5.69 Å². The van der Waals surface area contributed by atoms with E-state index in [-0.39, 0.29) is 18.0 Å². The van der Waals surface area contributed by atoms with Crippen LogP contribution in [0.1, 0.15) is 17.4 Å². The minimum absolute atomic E-state index is 0.179. The van der Waals surface area contributed by atoms with Gasteiger partial charge in [0.25, 0.3) is 0 Å². The van der Waals surface area contributed by atoms with Crippen LogP contribution in [0.2, 0.25) is 0 Å². The Morgan fingerprint density at radius 2 is 2.09 bits per heavy atom. The lowest BCUT2D eigenvalue weighted by molar-refractivity contribution is -0.136. The molecule has 2 rings (SSSR count). The van der Waals surface area contributed by atoms with Crippen LogP contribution in [-0.2, 0) is 9.59 Å². The van der Waals surface area contributed by atoms with Gasteiger partial charge >= 0.3 is 11.8 Å². The van der Waals surface area contributed by atoms with Gasteiger partial charge in [0.2, 0.25) is 0 Å². The second-order valence-corrected chi connectivity index (χ2v) is 4.71. The van der Waals surface area contributed by atoms with Gasteiger partial charge in [-0.3, -0.25) is 9.59 Å². The van der Waals surface area contributed by atoms with Gasteiger partial charge in [0.15, 0.2) is 0 Å². The fourth-order valence-corrected chi connectivity index (χ4v) is 1.85. The van der Waals surface area contributed by atoms with E-state index in [2.05, 4.69) is 10.6 Å². The molecule has 0 aliphatic carbocycles. The lowest BCUT2D eigenvalue weighted by Crippen LogP contribution is -2.37. The Morgan fingerprint density at radius 3 is 2.73 bits per heavy atom. The SMILES string of the molecule is Cc1cc(F)cc(NC(=O)C(=O)NCC(O)c2ccco2)c1. The Kier molecular flexibility index (Phi) is 4.90. The normalized spacial score (nSPS) is 11.8. The predicted octanol–water partition coefficient (Wildman–Crippen LogP) is 1.52. The van der Waals surface area contributed by atoms with Crippen molar-refractivity contribution in [2.75, 3.05) is 11.9 Å². The zero-order chi connectivity index (χ0) is 16.1. The molecular weight excluding hydrogens is 291 g/mol. The van der Waals surface area contributed by atoms with E-state index in [0.29, 0.717) is 5.56 Å². The van der Waals surface area contributed by atoms with Gasteiger partial charge < -0.3 is 20.2 Å². The molecule has 1 unspecified atom stereocenters. The molecule has 1 heterocycles. The summed E-state index contributed by atoms with van der Waals surface area (Å²) in [5.41, 5.74) is 0.799. The number of halogens is 1. The molecule has 0 saturated heterocycles. The van der Waals surface area contributed by atoms with E-state index in [4.69, 9.17) is 4.42 Å². The van der Waals surface area contributed by atoms with Crippen LogP contribution in [0.4, 0.5) is 10.1 Å². The van der Waals surface area contributed by atoms with Crippen molar-refractivity contribution in [2.45, 2.75) is 13.0 Å². The molecule has 0 bridgehead atoms. The number of carbonyl (C=O) groups is 2. The van der Waals surface area contributed by atoms with Crippen molar-refractivity contribution in [3.63, 3.8) is 0 Å². The third-order valence-electron chi connectivity index (χ3n) is 2.83. The molecule has 1 aromatic carbocycles. The lowest BCUT2D eigenvalue weighted by atomic mass is 10.2. The molecule has 22 heavy (non-hydrogen) atoms. The largest absolute Gasteiger partial charge is 0.467 e. The quantitative estimate of drug-likeness (QED) is 0.747. The summed E-state index contributed by atoms with van der Waals surface area (Å²) in [7, 11) is 0. The molecule has 2 aromatic rings. The maximum atomic E-state index is 13.2. The Labute approximate surface area is 125 Å². The van der Waals surface area contributed by atoms with Crippen molar-refractivity contribution in [3.05, 3.63) is 53.7 Å². The van der Waals surface area contributed by atoms with Crippen LogP contribution in [-0.4, -0.2) is 23.5 Å². The van der Waals surface area contributed by atoms with Gasteiger partial charge in [-0.25, -0.2) is 4.39 Å². The first kappa shape index (κ1) is 15.7. The maximum absolute atomic E-state index is 13.2. The number of hydrogen-bond donors (Lipinski definition) is 3. The van der Waals surface area contributed by atoms with Gasteiger partial charge in [-0.05, 0) is 42.8 Å². The summed E-state index contributed by atoms with van der Waals surface area (Å²) in [5, 5.41) is 14.3. The van der Waals surface area contributed by atoms with Crippen molar-refractivity contribution in [2.24, 2.45) is 0 Å². The monoisotopic (exact) mass is 306 g/mol. The first-order chi connectivity index (χ1) is 10.5. The summed E-state index contributed by atoms with van der Waals surface area (Å²) in [5.74, 6) is -2.12. The lowest BCUT2D eigenvalue weighted by Gasteiger charge is -2.10. The second-order valence-electron chi connectivity index (χ2n) is 4.71. The minimum Gasteiger partial charge on any atom is -0.467 e. The van der Waals surface area contributed by atoms with Crippen LogP contribution in [0.3, 0.4) is 0 Å². The molecule has 0 aliphatic heterocycles. The molecule has 116 valence electrons. The number of aryl methyl sites for hydroxylation is 1. The Bertz CT molecular complexity index is 650. The molecule has 0 saturated carbocycles. The number of aliphatic hydroxyl groups excluding tert-OH is 1. The third kappa shape index (κ3) is 4.16. The highest BCUT2D eigenvalue weighted by Crippen LogP contribution is 2.13. The smallest absolute Gasteiger partial charge is 0.313 e. The molecule has 0 spiro atoms. The summed E-state index contributed by atoms with van der Waals surface area (Å²) >= 11 is 0. The van der Waals surface area contributed by atoms with Crippen molar-refractivity contribution in [3.8, 4) is 0 Å². The summed E-state index contributed by atoms with van der Waals surface area (Å²) < 4.78 is 18.2. The summed E-state index contributed by atoms with van der Waals surface area (Å²) in [4.78, 5) is 23.3. The average molecular weight is 306 g/mol. The van der Waals surface area contributed by atoms with E-state index in [1.807, 2.05) is 0 Å². The standard InChI is InChI=1S/C15H15FN2O4/c1-9-5-10(16)7-11(6-9)18-15(21)14(20)17-8-12(19)13-3-2-4-22-13/h2-7,12,19H,8H2,1H3,(H,17,20)(H,18,21). The molecule has 0 aliphatic rings. The number of benzene rings is 1. The number of anilines is 1. The van der Waals surface area contributed by atoms with E-state index in [1.165, 1.54) is 18.4 Å². The van der Waals surface area contributed by atoms with Crippen LogP contribution in [0.15, 0.2) is 41.0 Å². The highest BCUT2D eigenvalue weighted by atomic mass is 19.1. The molecule has 1 aromatic heterocycles. The number of furan rings is 1. The fraction of sp³-hybridized carbons (Fsp3) is 0.200. The van der Waals surface area contributed by atoms with Gasteiger partial charge in [0.05, 0.1) is 12.8 Å². The van der Waals surface area contributed by atoms with E-state index in [0.717, 1.165) is 6.07 Å². The van der Waals surface area contributed by atoms with Crippen LogP contribution in [0, 0.1) is 12.7 Å². The number of hydrogen-bond acceptors (Lipinski definition) is 4. The second kappa shape index (κ2) is 6.86. The molecule has 3 N–H and O–H groups in total. The molecule has 7 heteroatoms. The van der Waals surface area contributed by atoms with Crippen molar-refractivity contribution < 1.29 is 23.5 Å². The van der Waals surface area contributed by atoms with Crippen LogP contribution in [0.25, 0.3) is 0 Å². The zero-order valence-corrected chi connectivity index (χ0v) is 11.8. The zero-order valence-electron chi connectivity index (χ0n) is 11.8. The van der Waals surface area contributed by atoms with E-state index < -0.39 is 23.7 Å². The van der Waals surface area contributed by atoms with Crippen molar-refractivity contribution in [1.29, 1.82) is 0 Å². The maximum Gasteiger partial charge on any atom is 0.313 e. The Balaban J connectivity index is 1.88. The Morgan fingerprint density at radius 1 is 1.32 bits per heavy atom. The Hall–Kier alpha value is -2.67. The van der Waals surface area contributed by atoms with Crippen molar-refractivity contribution >= 4 is 17.5 Å². The van der Waals surface area contributed by atoms with Crippen LogP contribution >= 0.6 is 0 Å². The summed E-state index contributed by atoms with van der Waals surface area (Å²) in [6, 6.07) is 7.09. The topological polar surface area (TPSA) is 91.6 Å². The number of aliphatic hydroxyl groups is 1. The highest BCUT2D eigenvalue weighted by Gasteiger charge is 2.17. The summed E-state index contributed by atoms with van der Waals surface area (Å²) in [6.45, 7) is 1.49. The highest BCUT2D eigenvalue weighted by molar-refractivity contribution is 6.39. The molecule has 0 fully saturated rings. The van der Waals surface area contributed by atoms with Crippen LogP contribution < -0.4 is 10.6 Å². The number of carbonyl (C=O) groups excluding carboxylic acids is 2. The molecular formula is C15H15FN2O4. The van der Waals surface area contributed by atoms with Gasteiger partial charge in [-0.1, -0.05) is 0 Å². The van der Waals surface area contributed by atoms with Gasteiger partial charge in [0.1, 0.15) is 17.7 Å². The first-order valence-electron chi connectivity index (χ1n) is 6.53. The number of nitrogens with one attached hydrogen (secondary N) is 2. The van der Waals surface area contributed by atoms with Gasteiger partial charge in [-0.15, -0.1) is 0 Å². The predicted molar refractivity (Wildman–Crippen MR) is 76.4 cm³/mol. The fourth-order valence-electron chi connectivity index (χ4n) is 1.85. The molecule has 2 amide bonds. The van der Waals surface area contributed by atoms with E-state index in [1.54, 1.807) is 19.1 Å². The minimum atomic E-state index is -1.05. The number of amides is 2. The van der Waals surface area contributed by atoms with E-state index >= 15 is 0 Å². The molecule has 1 atom stereocenters. The molecule has 0 radical (unpaired) electrons. The third-order valence-corrected chi connectivity index (χ3v) is 2.83. The molecule has 6 nitrogen and oxygen atoms in total.